The number of rotatable bonds is 5. The lowest BCUT2D eigenvalue weighted by Gasteiger charge is -2.12. The van der Waals surface area contributed by atoms with Gasteiger partial charge in [-0.15, -0.1) is 6.58 Å². The van der Waals surface area contributed by atoms with Crippen molar-refractivity contribution in [3.8, 4) is 0 Å². The Morgan fingerprint density at radius 2 is 1.94 bits per heavy atom. The molecule has 0 saturated heterocycles. The van der Waals surface area contributed by atoms with Gasteiger partial charge in [0.05, 0.1) is 5.75 Å². The third kappa shape index (κ3) is 3.70. The summed E-state index contributed by atoms with van der Waals surface area (Å²) >= 11 is 0. The van der Waals surface area contributed by atoms with E-state index in [1.165, 1.54) is 13.0 Å². The summed E-state index contributed by atoms with van der Waals surface area (Å²) in [7, 11) is -3.47. The highest BCUT2D eigenvalue weighted by molar-refractivity contribution is 7.92. The first-order valence-corrected chi connectivity index (χ1v) is 7.28. The van der Waals surface area contributed by atoms with E-state index in [1.807, 2.05) is 19.1 Å². The molecule has 98 valence electrons. The number of aryl methyl sites for hydroxylation is 1. The van der Waals surface area contributed by atoms with E-state index in [2.05, 4.69) is 11.9 Å². The van der Waals surface area contributed by atoms with Gasteiger partial charge in [0.25, 0.3) is 0 Å². The van der Waals surface area contributed by atoms with Crippen molar-refractivity contribution < 1.29 is 13.2 Å². The molecule has 1 atom stereocenters. The molecule has 0 aliphatic carbocycles. The average Bonchev–Trinajstić information content (AvgIpc) is 2.31. The Morgan fingerprint density at radius 3 is 2.44 bits per heavy atom. The van der Waals surface area contributed by atoms with Gasteiger partial charge in [0.1, 0.15) is 5.25 Å². The molecule has 0 aromatic heterocycles. The molecule has 0 spiro atoms. The number of anilines is 1. The average molecular weight is 267 g/mol. The van der Waals surface area contributed by atoms with Crippen LogP contribution in [0, 0.1) is 6.92 Å². The maximum atomic E-state index is 11.8. The normalized spacial score (nSPS) is 12.8. The first-order chi connectivity index (χ1) is 8.36. The van der Waals surface area contributed by atoms with E-state index < -0.39 is 21.0 Å². The molecule has 18 heavy (non-hydrogen) atoms. The molecule has 4 nitrogen and oxygen atoms in total. The predicted octanol–water partition coefficient (Wildman–Crippen LogP) is 1.92. The third-order valence-corrected chi connectivity index (χ3v) is 4.57. The van der Waals surface area contributed by atoms with Gasteiger partial charge in [0, 0.05) is 5.69 Å². The minimum Gasteiger partial charge on any atom is -0.325 e. The van der Waals surface area contributed by atoms with Crippen LogP contribution in [0.25, 0.3) is 0 Å². The minimum atomic E-state index is -3.47. The Morgan fingerprint density at radius 1 is 1.39 bits per heavy atom. The molecular formula is C13H17NO3S. The standard InChI is InChI=1S/C13H17NO3S/c1-4-9-18(16,17)11(3)13(15)14-12-7-5-10(2)6-8-12/h4-8,11H,1,9H2,2-3H3,(H,14,15). The Bertz CT molecular complexity index is 532. The van der Waals surface area contributed by atoms with E-state index in [9.17, 15) is 13.2 Å². The fourth-order valence-electron chi connectivity index (χ4n) is 1.35. The minimum absolute atomic E-state index is 0.199. The van der Waals surface area contributed by atoms with Gasteiger partial charge in [0.15, 0.2) is 9.84 Å². The van der Waals surface area contributed by atoms with Crippen LogP contribution in [-0.2, 0) is 14.6 Å². The van der Waals surface area contributed by atoms with E-state index >= 15 is 0 Å². The van der Waals surface area contributed by atoms with Gasteiger partial charge in [-0.2, -0.15) is 0 Å². The quantitative estimate of drug-likeness (QED) is 0.829. The molecule has 1 amide bonds. The molecule has 1 aromatic carbocycles. The number of benzene rings is 1. The molecule has 1 unspecified atom stereocenters. The summed E-state index contributed by atoms with van der Waals surface area (Å²) in [5, 5.41) is 1.49. The molecule has 1 rings (SSSR count). The highest BCUT2D eigenvalue weighted by atomic mass is 32.2. The number of carbonyl (C=O) groups excluding carboxylic acids is 1. The lowest BCUT2D eigenvalue weighted by atomic mass is 10.2. The van der Waals surface area contributed by atoms with Crippen molar-refractivity contribution in [2.24, 2.45) is 0 Å². The van der Waals surface area contributed by atoms with Crippen molar-refractivity contribution in [1.29, 1.82) is 0 Å². The largest absolute Gasteiger partial charge is 0.325 e. The summed E-state index contributed by atoms with van der Waals surface area (Å²) in [5.41, 5.74) is 1.66. The van der Waals surface area contributed by atoms with Crippen molar-refractivity contribution in [3.05, 3.63) is 42.5 Å². The second kappa shape index (κ2) is 5.82. The summed E-state index contributed by atoms with van der Waals surface area (Å²) in [6.45, 7) is 6.68. The van der Waals surface area contributed by atoms with Gasteiger partial charge in [-0.1, -0.05) is 23.8 Å². The number of amides is 1. The lowest BCUT2D eigenvalue weighted by Crippen LogP contribution is -2.33. The zero-order valence-electron chi connectivity index (χ0n) is 10.5. The summed E-state index contributed by atoms with van der Waals surface area (Å²) in [4.78, 5) is 11.8. The number of carbonyl (C=O) groups is 1. The zero-order chi connectivity index (χ0) is 13.8. The van der Waals surface area contributed by atoms with Crippen molar-refractivity contribution in [2.75, 3.05) is 11.1 Å². The van der Waals surface area contributed by atoms with E-state index in [1.54, 1.807) is 12.1 Å². The van der Waals surface area contributed by atoms with Crippen molar-refractivity contribution in [3.63, 3.8) is 0 Å². The molecule has 0 saturated carbocycles. The lowest BCUT2D eigenvalue weighted by molar-refractivity contribution is -0.115. The number of hydrogen-bond acceptors (Lipinski definition) is 3. The van der Waals surface area contributed by atoms with Crippen molar-refractivity contribution in [2.45, 2.75) is 19.1 Å². The molecule has 1 N–H and O–H groups in total. The first kappa shape index (κ1) is 14.4. The van der Waals surface area contributed by atoms with Crippen molar-refractivity contribution in [1.82, 2.24) is 0 Å². The Kier molecular flexibility index (Phi) is 4.67. The highest BCUT2D eigenvalue weighted by Gasteiger charge is 2.26. The SMILES string of the molecule is C=CCS(=O)(=O)C(C)C(=O)Nc1ccc(C)cc1. The second-order valence-electron chi connectivity index (χ2n) is 4.12. The van der Waals surface area contributed by atoms with Crippen LogP contribution in [0.2, 0.25) is 0 Å². The van der Waals surface area contributed by atoms with E-state index in [0.29, 0.717) is 5.69 Å². The van der Waals surface area contributed by atoms with Gasteiger partial charge in [-0.3, -0.25) is 4.79 Å². The van der Waals surface area contributed by atoms with Crippen LogP contribution in [0.3, 0.4) is 0 Å². The molecule has 5 heteroatoms. The van der Waals surface area contributed by atoms with Crippen LogP contribution in [0.4, 0.5) is 5.69 Å². The molecule has 0 aliphatic rings. The summed E-state index contributed by atoms with van der Waals surface area (Å²) in [6, 6.07) is 7.16. The van der Waals surface area contributed by atoms with Gasteiger partial charge < -0.3 is 5.32 Å². The van der Waals surface area contributed by atoms with Gasteiger partial charge >= 0.3 is 0 Å². The van der Waals surface area contributed by atoms with Crippen molar-refractivity contribution >= 4 is 21.4 Å². The molecule has 0 radical (unpaired) electrons. The van der Waals surface area contributed by atoms with Crippen LogP contribution in [0.1, 0.15) is 12.5 Å². The third-order valence-electron chi connectivity index (χ3n) is 2.58. The monoisotopic (exact) mass is 267 g/mol. The topological polar surface area (TPSA) is 63.2 Å². The highest BCUT2D eigenvalue weighted by Crippen LogP contribution is 2.11. The smallest absolute Gasteiger partial charge is 0.242 e. The first-order valence-electron chi connectivity index (χ1n) is 5.57. The van der Waals surface area contributed by atoms with Gasteiger partial charge in [0.2, 0.25) is 5.91 Å². The maximum Gasteiger partial charge on any atom is 0.242 e. The van der Waals surface area contributed by atoms with E-state index in [-0.39, 0.29) is 5.75 Å². The van der Waals surface area contributed by atoms with Crippen LogP contribution in [-0.4, -0.2) is 25.3 Å². The molecular weight excluding hydrogens is 250 g/mol. The second-order valence-corrected chi connectivity index (χ2v) is 6.48. The molecule has 0 fully saturated rings. The Balaban J connectivity index is 2.77. The number of hydrogen-bond donors (Lipinski definition) is 1. The summed E-state index contributed by atoms with van der Waals surface area (Å²) in [5.74, 6) is -0.726. The van der Waals surface area contributed by atoms with Crippen LogP contribution < -0.4 is 5.32 Å². The van der Waals surface area contributed by atoms with Gasteiger partial charge in [-0.25, -0.2) is 8.42 Å². The summed E-state index contributed by atoms with van der Waals surface area (Å²) < 4.78 is 23.4. The number of nitrogens with one attached hydrogen (secondary N) is 1. The van der Waals surface area contributed by atoms with Gasteiger partial charge in [-0.05, 0) is 26.0 Å². The van der Waals surface area contributed by atoms with Crippen LogP contribution in [0.5, 0.6) is 0 Å². The van der Waals surface area contributed by atoms with E-state index in [0.717, 1.165) is 5.56 Å². The summed E-state index contributed by atoms with van der Waals surface area (Å²) in [6.07, 6.45) is 1.28. The van der Waals surface area contributed by atoms with Crippen LogP contribution >= 0.6 is 0 Å². The fraction of sp³-hybridized carbons (Fsp3) is 0.308. The Hall–Kier alpha value is -1.62. The molecule has 0 heterocycles. The van der Waals surface area contributed by atoms with Crippen LogP contribution in [0.15, 0.2) is 36.9 Å². The number of sulfone groups is 1. The molecule has 0 aliphatic heterocycles. The predicted molar refractivity (Wildman–Crippen MR) is 73.3 cm³/mol. The fourth-order valence-corrected chi connectivity index (χ4v) is 2.35. The van der Waals surface area contributed by atoms with E-state index in [4.69, 9.17) is 0 Å². The molecule has 0 bridgehead atoms. The zero-order valence-corrected chi connectivity index (χ0v) is 11.3. The maximum absolute atomic E-state index is 11.8. The Labute approximate surface area is 108 Å². The molecule has 1 aromatic rings.